The van der Waals surface area contributed by atoms with Crippen LogP contribution >= 0.6 is 0 Å². The summed E-state index contributed by atoms with van der Waals surface area (Å²) in [7, 11) is 0. The van der Waals surface area contributed by atoms with E-state index in [2.05, 4.69) is 4.99 Å². The predicted octanol–water partition coefficient (Wildman–Crippen LogP) is 0.236. The number of Topliss-reactive ketones (excluding diaryl/α,β-unsaturated/α-hetero) is 1. The summed E-state index contributed by atoms with van der Waals surface area (Å²) >= 11 is 0. The Morgan fingerprint density at radius 3 is 2.74 bits per heavy atom. The van der Waals surface area contributed by atoms with Gasteiger partial charge in [0, 0.05) is 24.1 Å². The van der Waals surface area contributed by atoms with Crippen molar-refractivity contribution in [3.63, 3.8) is 0 Å². The second kappa shape index (κ2) is 4.34. The van der Waals surface area contributed by atoms with Crippen LogP contribution in [0.2, 0.25) is 0 Å². The number of ether oxygens (including phenoxy) is 1. The van der Waals surface area contributed by atoms with Crippen molar-refractivity contribution in [1.82, 2.24) is 5.06 Å². The van der Waals surface area contributed by atoms with Crippen molar-refractivity contribution < 1.29 is 24.0 Å². The lowest BCUT2D eigenvalue weighted by atomic mass is 9.94. The minimum Gasteiger partial charge on any atom is -0.387 e. The molecule has 0 N–H and O–H groups in total. The first-order valence-corrected chi connectivity index (χ1v) is 5.87. The molecule has 2 heterocycles. The van der Waals surface area contributed by atoms with Gasteiger partial charge in [0.2, 0.25) is 0 Å². The fourth-order valence-electron chi connectivity index (χ4n) is 2.16. The number of carbonyl (C=O) groups is 3. The largest absolute Gasteiger partial charge is 0.387 e. The molecule has 0 unspecified atom stereocenters. The molecule has 0 atom stereocenters. The number of ketones is 1. The van der Waals surface area contributed by atoms with Gasteiger partial charge in [-0.3, -0.25) is 4.79 Å². The maximum absolute atomic E-state index is 11.8. The molecular formula is C12H10N2O5. The molecule has 0 aromatic carbocycles. The first-order valence-electron chi connectivity index (χ1n) is 5.87. The van der Waals surface area contributed by atoms with E-state index >= 15 is 0 Å². The fourth-order valence-corrected chi connectivity index (χ4v) is 2.16. The monoisotopic (exact) mass is 262 g/mol. The van der Waals surface area contributed by atoms with Crippen LogP contribution < -0.4 is 0 Å². The Kier molecular flexibility index (Phi) is 2.66. The van der Waals surface area contributed by atoms with Crippen LogP contribution in [0.15, 0.2) is 28.4 Å². The van der Waals surface area contributed by atoms with Crippen LogP contribution in [-0.4, -0.2) is 35.4 Å². The van der Waals surface area contributed by atoms with Crippen LogP contribution in [0.1, 0.15) is 19.3 Å². The van der Waals surface area contributed by atoms with Gasteiger partial charge in [-0.2, -0.15) is 0 Å². The second-order valence-corrected chi connectivity index (χ2v) is 4.26. The van der Waals surface area contributed by atoms with E-state index in [0.717, 1.165) is 17.2 Å². The van der Waals surface area contributed by atoms with Gasteiger partial charge in [0.05, 0.1) is 12.2 Å². The molecule has 0 amide bonds. The maximum atomic E-state index is 11.8. The summed E-state index contributed by atoms with van der Waals surface area (Å²) in [5.74, 6) is -1.42. The third-order valence-electron chi connectivity index (χ3n) is 3.02. The third-order valence-corrected chi connectivity index (χ3v) is 3.02. The van der Waals surface area contributed by atoms with E-state index in [1.165, 1.54) is 0 Å². The van der Waals surface area contributed by atoms with E-state index in [4.69, 9.17) is 9.57 Å². The summed E-state index contributed by atoms with van der Waals surface area (Å²) in [5, 5.41) is 1.06. The van der Waals surface area contributed by atoms with Gasteiger partial charge in [0.15, 0.2) is 5.78 Å². The molecule has 1 aliphatic carbocycles. The molecule has 98 valence electrons. The first-order chi connectivity index (χ1) is 9.15. The molecule has 7 nitrogen and oxygen atoms in total. The minimum atomic E-state index is -0.712. The number of carbonyl (C=O) groups excluding carboxylic acids is 3. The Labute approximate surface area is 108 Å². The number of hydroxylamine groups is 2. The Bertz CT molecular complexity index is 573. The number of allylic oxidation sites excluding steroid dienone is 1. The topological polar surface area (TPSA) is 85.3 Å². The molecular weight excluding hydrogens is 252 g/mol. The van der Waals surface area contributed by atoms with Crippen LogP contribution in [0.25, 0.3) is 0 Å². The van der Waals surface area contributed by atoms with Gasteiger partial charge in [0.25, 0.3) is 0 Å². The van der Waals surface area contributed by atoms with Gasteiger partial charge in [-0.1, -0.05) is 0 Å². The average Bonchev–Trinajstić information content (AvgIpc) is 2.38. The number of amidine groups is 1. The molecule has 0 aromatic heterocycles. The van der Waals surface area contributed by atoms with E-state index < -0.39 is 11.9 Å². The average molecular weight is 262 g/mol. The van der Waals surface area contributed by atoms with Crippen molar-refractivity contribution in [3.8, 4) is 0 Å². The number of rotatable bonds is 0. The standard InChI is InChI=1S/C12H10N2O5/c15-9-3-1-2-8-7(9)6-13-12-14(8)19-11(17)5-4-10(16)18-12/h4-5H,1-3,6H2/b5-4+. The van der Waals surface area contributed by atoms with Gasteiger partial charge >= 0.3 is 18.0 Å². The Morgan fingerprint density at radius 1 is 1.11 bits per heavy atom. The molecule has 7 heteroatoms. The molecule has 0 saturated heterocycles. The first kappa shape index (κ1) is 11.6. The van der Waals surface area contributed by atoms with E-state index in [0.29, 0.717) is 30.5 Å². The van der Waals surface area contributed by atoms with Gasteiger partial charge in [-0.25, -0.2) is 14.6 Å². The zero-order valence-corrected chi connectivity index (χ0v) is 9.92. The molecule has 3 aliphatic rings. The molecule has 0 bridgehead atoms. The molecule has 0 spiro atoms. The van der Waals surface area contributed by atoms with Crippen molar-refractivity contribution in [2.45, 2.75) is 19.3 Å². The summed E-state index contributed by atoms with van der Waals surface area (Å²) in [4.78, 5) is 43.6. The lowest BCUT2D eigenvalue weighted by Gasteiger charge is -2.32. The van der Waals surface area contributed by atoms with E-state index in [1.54, 1.807) is 0 Å². The quantitative estimate of drug-likeness (QED) is 0.581. The number of hydrogen-bond acceptors (Lipinski definition) is 7. The summed E-state index contributed by atoms with van der Waals surface area (Å²) < 4.78 is 4.96. The van der Waals surface area contributed by atoms with Gasteiger partial charge < -0.3 is 9.57 Å². The van der Waals surface area contributed by atoms with Crippen LogP contribution in [0.3, 0.4) is 0 Å². The van der Waals surface area contributed by atoms with Crippen molar-refractivity contribution in [1.29, 1.82) is 0 Å². The second-order valence-electron chi connectivity index (χ2n) is 4.26. The van der Waals surface area contributed by atoms with Crippen LogP contribution in [-0.2, 0) is 24.0 Å². The Balaban J connectivity index is 2.00. The number of hydrogen-bond donors (Lipinski definition) is 0. The highest BCUT2D eigenvalue weighted by atomic mass is 16.7. The molecule has 19 heavy (non-hydrogen) atoms. The zero-order valence-electron chi connectivity index (χ0n) is 9.92. The highest BCUT2D eigenvalue weighted by Gasteiger charge is 2.35. The van der Waals surface area contributed by atoms with Crippen molar-refractivity contribution in [2.24, 2.45) is 4.99 Å². The van der Waals surface area contributed by atoms with Gasteiger partial charge in [-0.05, 0) is 12.8 Å². The van der Waals surface area contributed by atoms with Crippen molar-refractivity contribution in [2.75, 3.05) is 6.54 Å². The zero-order chi connectivity index (χ0) is 13.4. The summed E-state index contributed by atoms with van der Waals surface area (Å²) in [6.07, 6.45) is 3.65. The Morgan fingerprint density at radius 2 is 1.89 bits per heavy atom. The highest BCUT2D eigenvalue weighted by molar-refractivity contribution is 6.02. The SMILES string of the molecule is O=C1/C=C/C(=O)ON2C(=NCC3=C2CCCC3=O)O1. The predicted molar refractivity (Wildman–Crippen MR) is 61.3 cm³/mol. The van der Waals surface area contributed by atoms with E-state index in [1.807, 2.05) is 0 Å². The lowest BCUT2D eigenvalue weighted by Crippen LogP contribution is -2.41. The van der Waals surface area contributed by atoms with Crippen LogP contribution in [0.4, 0.5) is 0 Å². The summed E-state index contributed by atoms with van der Waals surface area (Å²) in [6.45, 7) is 0.147. The number of nitrogens with zero attached hydrogens (tertiary/aromatic N) is 2. The summed E-state index contributed by atoms with van der Waals surface area (Å²) in [5.41, 5.74) is 1.07. The number of fused-ring (bicyclic) bond motifs is 2. The number of aliphatic imine (C=N–C) groups is 1. The summed E-state index contributed by atoms with van der Waals surface area (Å²) in [6, 6.07) is -0.101. The molecule has 0 fully saturated rings. The molecule has 0 saturated carbocycles. The van der Waals surface area contributed by atoms with E-state index in [-0.39, 0.29) is 18.3 Å². The van der Waals surface area contributed by atoms with Crippen molar-refractivity contribution in [3.05, 3.63) is 23.4 Å². The third kappa shape index (κ3) is 2.03. The lowest BCUT2D eigenvalue weighted by molar-refractivity contribution is -0.167. The smallest absolute Gasteiger partial charge is 0.356 e. The molecule has 3 rings (SSSR count). The molecule has 2 aliphatic heterocycles. The maximum Gasteiger partial charge on any atom is 0.356 e. The van der Waals surface area contributed by atoms with Crippen LogP contribution in [0.5, 0.6) is 0 Å². The fraction of sp³-hybridized carbons (Fsp3) is 0.333. The molecule has 0 radical (unpaired) electrons. The highest BCUT2D eigenvalue weighted by Crippen LogP contribution is 2.29. The van der Waals surface area contributed by atoms with Gasteiger partial charge in [0.1, 0.15) is 0 Å². The van der Waals surface area contributed by atoms with Crippen LogP contribution in [0, 0.1) is 0 Å². The molecule has 0 aromatic rings. The van der Waals surface area contributed by atoms with Gasteiger partial charge in [-0.15, -0.1) is 5.06 Å². The minimum absolute atomic E-state index is 0.0102. The normalized spacial score (nSPS) is 24.5. The Hall–Kier alpha value is -2.44. The number of esters is 1. The van der Waals surface area contributed by atoms with E-state index in [9.17, 15) is 14.4 Å². The van der Waals surface area contributed by atoms with Crippen molar-refractivity contribution >= 4 is 23.7 Å².